The molecule has 1 saturated heterocycles. The van der Waals surface area contributed by atoms with Crippen molar-refractivity contribution in [3.05, 3.63) is 66.1 Å². The monoisotopic (exact) mass is 455 g/mol. The first kappa shape index (κ1) is 22.0. The average Bonchev–Trinajstić information content (AvgIpc) is 3.16. The van der Waals surface area contributed by atoms with Crippen molar-refractivity contribution < 1.29 is 22.5 Å². The Hall–Kier alpha value is -3.20. The van der Waals surface area contributed by atoms with Crippen molar-refractivity contribution in [2.75, 3.05) is 6.54 Å². The number of carbonyl (C=O) groups excluding carboxylic acids is 1. The van der Waals surface area contributed by atoms with E-state index in [4.69, 9.17) is 9.26 Å². The summed E-state index contributed by atoms with van der Waals surface area (Å²) in [4.78, 5) is 18.6. The van der Waals surface area contributed by atoms with Crippen LogP contribution >= 0.6 is 0 Å². The molecule has 0 spiro atoms. The predicted octanol–water partition coefficient (Wildman–Crippen LogP) is 4.39. The molecule has 1 aliphatic rings. The summed E-state index contributed by atoms with van der Waals surface area (Å²) >= 11 is 0. The minimum atomic E-state index is -3.42. The van der Waals surface area contributed by atoms with E-state index in [1.54, 1.807) is 59.5 Å². The zero-order chi connectivity index (χ0) is 22.9. The number of sulfone groups is 1. The van der Waals surface area contributed by atoms with E-state index in [1.165, 1.54) is 0 Å². The molecule has 1 aliphatic heterocycles. The molecular weight excluding hydrogens is 430 g/mol. The second kappa shape index (κ2) is 8.38. The van der Waals surface area contributed by atoms with Gasteiger partial charge >= 0.3 is 6.09 Å². The second-order valence-electron chi connectivity index (χ2n) is 8.70. The standard InChI is InChI=1S/C23H25N3O5S/c1-23(2,3)30-22(27)26-14-13-19(26)21-24-20(25-31-21)17-11-9-16(10-12-17)15-32(28,29)18-7-5-4-6-8-18/h4-12,19H,13-15H2,1-3H3. The third-order valence-electron chi connectivity index (χ3n) is 5.05. The van der Waals surface area contributed by atoms with Crippen LogP contribution in [-0.4, -0.2) is 41.7 Å². The summed E-state index contributed by atoms with van der Waals surface area (Å²) in [6, 6.07) is 15.1. The third-order valence-corrected chi connectivity index (χ3v) is 6.75. The highest BCUT2D eigenvalue weighted by atomic mass is 32.2. The van der Waals surface area contributed by atoms with Crippen LogP contribution in [0.1, 0.15) is 44.7 Å². The number of hydrogen-bond acceptors (Lipinski definition) is 7. The Morgan fingerprint density at radius 2 is 1.81 bits per heavy atom. The fourth-order valence-corrected chi connectivity index (χ4v) is 4.72. The zero-order valence-corrected chi connectivity index (χ0v) is 19.0. The van der Waals surface area contributed by atoms with Gasteiger partial charge in [-0.1, -0.05) is 47.6 Å². The van der Waals surface area contributed by atoms with E-state index in [9.17, 15) is 13.2 Å². The molecule has 0 N–H and O–H groups in total. The van der Waals surface area contributed by atoms with E-state index in [0.29, 0.717) is 34.3 Å². The molecular formula is C23H25N3O5S. The van der Waals surface area contributed by atoms with Gasteiger partial charge in [0.05, 0.1) is 10.6 Å². The number of rotatable bonds is 5. The molecule has 0 aliphatic carbocycles. The summed E-state index contributed by atoms with van der Waals surface area (Å²) in [5.74, 6) is 0.642. The Bertz CT molecular complexity index is 1200. The number of hydrogen-bond donors (Lipinski definition) is 0. The SMILES string of the molecule is CC(C)(C)OC(=O)N1CCC1c1nc(-c2ccc(CS(=O)(=O)c3ccccc3)cc2)no1. The fourth-order valence-electron chi connectivity index (χ4n) is 3.35. The number of aromatic nitrogens is 2. The number of ether oxygens (including phenoxy) is 1. The lowest BCUT2D eigenvalue weighted by Gasteiger charge is -2.39. The van der Waals surface area contributed by atoms with E-state index in [2.05, 4.69) is 10.1 Å². The normalized spacial score (nSPS) is 16.5. The molecule has 2 heterocycles. The summed E-state index contributed by atoms with van der Waals surface area (Å²) in [5, 5.41) is 4.03. The van der Waals surface area contributed by atoms with Gasteiger partial charge in [-0.15, -0.1) is 0 Å². The lowest BCUT2D eigenvalue weighted by molar-refractivity contribution is -0.0119. The minimum absolute atomic E-state index is 0.0955. The molecule has 0 bridgehead atoms. The predicted molar refractivity (Wildman–Crippen MR) is 117 cm³/mol. The van der Waals surface area contributed by atoms with Crippen molar-refractivity contribution in [2.45, 2.75) is 49.5 Å². The van der Waals surface area contributed by atoms with Crippen molar-refractivity contribution in [1.29, 1.82) is 0 Å². The molecule has 32 heavy (non-hydrogen) atoms. The number of benzene rings is 2. The Labute approximate surface area is 187 Å². The summed E-state index contributed by atoms with van der Waals surface area (Å²) in [6.45, 7) is 6.03. The van der Waals surface area contributed by atoms with Crippen LogP contribution in [0.25, 0.3) is 11.4 Å². The van der Waals surface area contributed by atoms with Gasteiger partial charge in [0.25, 0.3) is 0 Å². The van der Waals surface area contributed by atoms with Crippen molar-refractivity contribution in [2.24, 2.45) is 0 Å². The van der Waals surface area contributed by atoms with Crippen molar-refractivity contribution >= 4 is 15.9 Å². The average molecular weight is 456 g/mol. The lowest BCUT2D eigenvalue weighted by atomic mass is 10.0. The van der Waals surface area contributed by atoms with Gasteiger partial charge in [-0.3, -0.25) is 4.90 Å². The van der Waals surface area contributed by atoms with Crippen LogP contribution in [0.5, 0.6) is 0 Å². The Morgan fingerprint density at radius 3 is 2.41 bits per heavy atom. The summed E-state index contributed by atoms with van der Waals surface area (Å²) in [5.41, 5.74) is 0.785. The van der Waals surface area contributed by atoms with Crippen LogP contribution in [0.4, 0.5) is 4.79 Å². The second-order valence-corrected chi connectivity index (χ2v) is 10.7. The topological polar surface area (TPSA) is 103 Å². The van der Waals surface area contributed by atoms with Gasteiger partial charge < -0.3 is 9.26 Å². The molecule has 8 nitrogen and oxygen atoms in total. The maximum atomic E-state index is 12.6. The van der Waals surface area contributed by atoms with Crippen LogP contribution in [0, 0.1) is 0 Å². The van der Waals surface area contributed by atoms with E-state index in [-0.39, 0.29) is 11.8 Å². The molecule has 3 aromatic rings. The largest absolute Gasteiger partial charge is 0.444 e. The maximum absolute atomic E-state index is 12.6. The first-order valence-corrected chi connectivity index (χ1v) is 12.0. The van der Waals surface area contributed by atoms with E-state index in [0.717, 1.165) is 6.42 Å². The molecule has 0 saturated carbocycles. The van der Waals surface area contributed by atoms with Crippen molar-refractivity contribution in [3.63, 3.8) is 0 Å². The van der Waals surface area contributed by atoms with E-state index in [1.807, 2.05) is 20.8 Å². The first-order valence-electron chi connectivity index (χ1n) is 10.3. The smallest absolute Gasteiger partial charge is 0.410 e. The van der Waals surface area contributed by atoms with Crippen molar-refractivity contribution in [3.8, 4) is 11.4 Å². The molecule has 1 unspecified atom stereocenters. The van der Waals surface area contributed by atoms with Crippen LogP contribution in [0.15, 0.2) is 64.0 Å². The maximum Gasteiger partial charge on any atom is 0.410 e. The van der Waals surface area contributed by atoms with Crippen LogP contribution in [0.3, 0.4) is 0 Å². The molecule has 2 aromatic carbocycles. The van der Waals surface area contributed by atoms with Crippen LogP contribution < -0.4 is 0 Å². The molecule has 1 atom stereocenters. The summed E-state index contributed by atoms with van der Waals surface area (Å²) in [6.07, 6.45) is 0.314. The van der Waals surface area contributed by atoms with E-state index < -0.39 is 21.5 Å². The van der Waals surface area contributed by atoms with Crippen LogP contribution in [-0.2, 0) is 20.3 Å². The summed E-state index contributed by atoms with van der Waals surface area (Å²) < 4.78 is 35.9. The molecule has 1 fully saturated rings. The van der Waals surface area contributed by atoms with Gasteiger partial charge in [-0.05, 0) is 44.9 Å². The molecule has 168 valence electrons. The molecule has 4 rings (SSSR count). The van der Waals surface area contributed by atoms with E-state index >= 15 is 0 Å². The quantitative estimate of drug-likeness (QED) is 0.562. The molecule has 0 radical (unpaired) electrons. The van der Waals surface area contributed by atoms with Gasteiger partial charge in [0, 0.05) is 12.1 Å². The number of likely N-dealkylation sites (tertiary alicyclic amines) is 1. The Balaban J connectivity index is 1.44. The van der Waals surface area contributed by atoms with Crippen molar-refractivity contribution in [1.82, 2.24) is 15.0 Å². The first-order chi connectivity index (χ1) is 15.1. The van der Waals surface area contributed by atoms with Gasteiger partial charge in [-0.2, -0.15) is 4.98 Å². The molecule has 1 amide bonds. The highest BCUT2D eigenvalue weighted by Gasteiger charge is 2.39. The minimum Gasteiger partial charge on any atom is -0.444 e. The van der Waals surface area contributed by atoms with Gasteiger partial charge in [0.2, 0.25) is 11.7 Å². The Kier molecular flexibility index (Phi) is 5.77. The number of nitrogens with zero attached hydrogens (tertiary/aromatic N) is 3. The number of amides is 1. The van der Waals surface area contributed by atoms with Gasteiger partial charge in [0.1, 0.15) is 11.6 Å². The molecule has 9 heteroatoms. The summed E-state index contributed by atoms with van der Waals surface area (Å²) in [7, 11) is -3.42. The van der Waals surface area contributed by atoms with Gasteiger partial charge in [-0.25, -0.2) is 13.2 Å². The fraction of sp³-hybridized carbons (Fsp3) is 0.348. The third kappa shape index (κ3) is 4.83. The zero-order valence-electron chi connectivity index (χ0n) is 18.2. The highest BCUT2D eigenvalue weighted by molar-refractivity contribution is 7.90. The molecule has 1 aromatic heterocycles. The van der Waals surface area contributed by atoms with Gasteiger partial charge in [0.15, 0.2) is 9.84 Å². The lowest BCUT2D eigenvalue weighted by Crippen LogP contribution is -2.47. The van der Waals surface area contributed by atoms with Crippen LogP contribution in [0.2, 0.25) is 0 Å². The number of carbonyl (C=O) groups is 1. The Morgan fingerprint density at radius 1 is 1.12 bits per heavy atom. The highest BCUT2D eigenvalue weighted by Crippen LogP contribution is 2.34.